The van der Waals surface area contributed by atoms with Gasteiger partial charge in [0.25, 0.3) is 0 Å². The zero-order valence-electron chi connectivity index (χ0n) is 14.4. The molecule has 1 aromatic carbocycles. The number of imidazole rings is 1. The smallest absolute Gasteiger partial charge is 0.137 e. The van der Waals surface area contributed by atoms with Crippen LogP contribution >= 0.6 is 23.2 Å². The number of morpholine rings is 1. The fourth-order valence-corrected chi connectivity index (χ4v) is 4.04. The van der Waals surface area contributed by atoms with Gasteiger partial charge < -0.3 is 14.5 Å². The molecule has 5 nitrogen and oxygen atoms in total. The lowest BCUT2D eigenvalue weighted by Crippen LogP contribution is -2.45. The van der Waals surface area contributed by atoms with Gasteiger partial charge in [0.1, 0.15) is 5.65 Å². The normalized spacial score (nSPS) is 19.7. The molecule has 1 aliphatic rings. The maximum Gasteiger partial charge on any atom is 0.137 e. The highest BCUT2D eigenvalue weighted by atomic mass is 35.5. The first kappa shape index (κ1) is 17.8. The summed E-state index contributed by atoms with van der Waals surface area (Å²) in [5.41, 5.74) is 3.08. The molecule has 1 N–H and O–H groups in total. The number of ether oxygens (including phenoxy) is 1. The van der Waals surface area contributed by atoms with Crippen LogP contribution in [0.3, 0.4) is 0 Å². The summed E-state index contributed by atoms with van der Waals surface area (Å²) in [6.07, 6.45) is 5.78. The molecule has 2 unspecified atom stereocenters. The summed E-state index contributed by atoms with van der Waals surface area (Å²) >= 11 is 12.4. The quantitative estimate of drug-likeness (QED) is 0.732. The van der Waals surface area contributed by atoms with E-state index in [-0.39, 0.29) is 12.3 Å². The lowest BCUT2D eigenvalue weighted by Gasteiger charge is -2.38. The van der Waals surface area contributed by atoms with Gasteiger partial charge in [-0.25, -0.2) is 4.98 Å². The summed E-state index contributed by atoms with van der Waals surface area (Å²) in [7, 11) is 1.97. The first-order valence-electron chi connectivity index (χ1n) is 8.56. The number of hydrogen-bond donors (Lipinski definition) is 1. The van der Waals surface area contributed by atoms with Crippen molar-refractivity contribution in [3.8, 4) is 0 Å². The lowest BCUT2D eigenvalue weighted by molar-refractivity contribution is -0.0496. The van der Waals surface area contributed by atoms with E-state index < -0.39 is 0 Å². The van der Waals surface area contributed by atoms with E-state index in [0.717, 1.165) is 24.3 Å². The van der Waals surface area contributed by atoms with Crippen molar-refractivity contribution in [2.75, 3.05) is 26.7 Å². The van der Waals surface area contributed by atoms with Crippen LogP contribution in [0.1, 0.15) is 23.4 Å². The number of pyridine rings is 1. The van der Waals surface area contributed by atoms with E-state index in [2.05, 4.69) is 27.3 Å². The Hall–Kier alpha value is -1.63. The molecule has 7 heteroatoms. The topological polar surface area (TPSA) is 41.8 Å². The third-order valence-electron chi connectivity index (χ3n) is 4.78. The molecule has 0 bridgehead atoms. The van der Waals surface area contributed by atoms with Crippen molar-refractivity contribution < 1.29 is 4.74 Å². The minimum absolute atomic E-state index is 0.0779. The van der Waals surface area contributed by atoms with Crippen LogP contribution in [0.15, 0.2) is 48.9 Å². The first-order chi connectivity index (χ1) is 12.7. The van der Waals surface area contributed by atoms with Crippen LogP contribution in [0.25, 0.3) is 5.65 Å². The van der Waals surface area contributed by atoms with E-state index in [4.69, 9.17) is 27.9 Å². The van der Waals surface area contributed by atoms with Gasteiger partial charge in [0.05, 0.1) is 18.9 Å². The number of halogens is 2. The molecular weight excluding hydrogens is 371 g/mol. The Morgan fingerprint density at radius 1 is 1.23 bits per heavy atom. The Kier molecular flexibility index (Phi) is 5.16. The molecule has 4 rings (SSSR count). The largest absolute Gasteiger partial charge is 0.371 e. The van der Waals surface area contributed by atoms with Crippen LogP contribution in [0.5, 0.6) is 0 Å². The molecule has 1 aliphatic heterocycles. The van der Waals surface area contributed by atoms with Gasteiger partial charge in [-0.15, -0.1) is 0 Å². The second kappa shape index (κ2) is 7.55. The third-order valence-corrected chi connectivity index (χ3v) is 5.35. The summed E-state index contributed by atoms with van der Waals surface area (Å²) < 4.78 is 8.00. The van der Waals surface area contributed by atoms with Gasteiger partial charge in [0.15, 0.2) is 0 Å². The summed E-state index contributed by atoms with van der Waals surface area (Å²) in [4.78, 5) is 6.75. The molecule has 0 spiro atoms. The second-order valence-corrected chi connectivity index (χ2v) is 7.21. The summed E-state index contributed by atoms with van der Waals surface area (Å²) in [6, 6.07) is 9.80. The third kappa shape index (κ3) is 3.46. The van der Waals surface area contributed by atoms with E-state index in [9.17, 15) is 0 Å². The predicted octanol–water partition coefficient (Wildman–Crippen LogP) is 3.93. The number of hydrogen-bond acceptors (Lipinski definition) is 4. The number of rotatable bonds is 4. The van der Waals surface area contributed by atoms with Gasteiger partial charge in [0.2, 0.25) is 0 Å². The minimum atomic E-state index is -0.0838. The lowest BCUT2D eigenvalue weighted by atomic mass is 10.1. The van der Waals surface area contributed by atoms with Gasteiger partial charge in [-0.3, -0.25) is 4.90 Å². The van der Waals surface area contributed by atoms with Crippen molar-refractivity contribution in [1.29, 1.82) is 0 Å². The first-order valence-corrected chi connectivity index (χ1v) is 9.32. The SMILES string of the molecule is CNC(c1ccn2ccnc2c1)N1CCOC(c2ccc(Cl)cc2Cl)C1. The fraction of sp³-hybridized carbons (Fsp3) is 0.316. The molecular formula is C19H20Cl2N4O. The number of aromatic nitrogens is 2. The molecule has 2 atom stereocenters. The van der Waals surface area contributed by atoms with Crippen LogP contribution in [0, 0.1) is 0 Å². The molecule has 1 fully saturated rings. The fourth-order valence-electron chi connectivity index (χ4n) is 3.51. The van der Waals surface area contributed by atoms with Crippen LogP contribution in [-0.4, -0.2) is 41.0 Å². The summed E-state index contributed by atoms with van der Waals surface area (Å²) in [5.74, 6) is 0. The van der Waals surface area contributed by atoms with Crippen molar-refractivity contribution in [2.45, 2.75) is 12.3 Å². The standard InChI is InChI=1S/C19H20Cl2N4O/c1-22-19(13-4-6-24-7-5-23-18(24)10-13)25-8-9-26-17(12-25)15-3-2-14(20)11-16(15)21/h2-7,10-11,17,19,22H,8-9,12H2,1H3. The highest BCUT2D eigenvalue weighted by Crippen LogP contribution is 2.32. The zero-order chi connectivity index (χ0) is 18.1. The highest BCUT2D eigenvalue weighted by Gasteiger charge is 2.28. The maximum absolute atomic E-state index is 6.38. The van der Waals surface area contributed by atoms with E-state index in [1.807, 2.05) is 36.0 Å². The Labute approximate surface area is 162 Å². The molecule has 3 heterocycles. The molecule has 0 radical (unpaired) electrons. The molecule has 2 aromatic heterocycles. The van der Waals surface area contributed by atoms with Crippen LogP contribution in [0.4, 0.5) is 0 Å². The van der Waals surface area contributed by atoms with Gasteiger partial charge in [0, 0.05) is 47.3 Å². The number of fused-ring (bicyclic) bond motifs is 1. The average Bonchev–Trinajstić information content (AvgIpc) is 3.10. The van der Waals surface area contributed by atoms with Crippen molar-refractivity contribution >= 4 is 28.8 Å². The molecule has 1 saturated heterocycles. The second-order valence-electron chi connectivity index (χ2n) is 6.36. The number of nitrogens with one attached hydrogen (secondary N) is 1. The van der Waals surface area contributed by atoms with E-state index in [0.29, 0.717) is 16.7 Å². The van der Waals surface area contributed by atoms with Crippen molar-refractivity contribution in [3.05, 3.63) is 70.1 Å². The number of benzene rings is 1. The summed E-state index contributed by atoms with van der Waals surface area (Å²) in [5, 5.41) is 4.69. The van der Waals surface area contributed by atoms with Crippen LogP contribution in [0.2, 0.25) is 10.0 Å². The van der Waals surface area contributed by atoms with Crippen molar-refractivity contribution in [1.82, 2.24) is 19.6 Å². The van der Waals surface area contributed by atoms with Gasteiger partial charge >= 0.3 is 0 Å². The summed E-state index contributed by atoms with van der Waals surface area (Å²) in [6.45, 7) is 2.23. The Morgan fingerprint density at radius 3 is 2.92 bits per heavy atom. The van der Waals surface area contributed by atoms with E-state index >= 15 is 0 Å². The monoisotopic (exact) mass is 390 g/mol. The maximum atomic E-state index is 6.38. The van der Waals surface area contributed by atoms with Crippen molar-refractivity contribution in [2.24, 2.45) is 0 Å². The molecule has 3 aromatic rings. The molecule has 0 saturated carbocycles. The van der Waals surface area contributed by atoms with Gasteiger partial charge in [-0.2, -0.15) is 0 Å². The average molecular weight is 391 g/mol. The van der Waals surface area contributed by atoms with Gasteiger partial charge in [-0.1, -0.05) is 29.3 Å². The Bertz CT molecular complexity index is 913. The van der Waals surface area contributed by atoms with E-state index in [1.54, 1.807) is 12.3 Å². The van der Waals surface area contributed by atoms with Crippen LogP contribution in [-0.2, 0) is 4.74 Å². The van der Waals surface area contributed by atoms with Gasteiger partial charge in [-0.05, 0) is 36.9 Å². The van der Waals surface area contributed by atoms with E-state index in [1.165, 1.54) is 5.56 Å². The Morgan fingerprint density at radius 2 is 2.12 bits per heavy atom. The highest BCUT2D eigenvalue weighted by molar-refractivity contribution is 6.35. The van der Waals surface area contributed by atoms with Crippen molar-refractivity contribution in [3.63, 3.8) is 0 Å². The molecule has 26 heavy (non-hydrogen) atoms. The molecule has 0 amide bonds. The predicted molar refractivity (Wildman–Crippen MR) is 104 cm³/mol. The Balaban J connectivity index is 1.58. The molecule has 0 aliphatic carbocycles. The number of nitrogens with zero attached hydrogens (tertiary/aromatic N) is 3. The minimum Gasteiger partial charge on any atom is -0.371 e. The zero-order valence-corrected chi connectivity index (χ0v) is 15.9. The molecule has 136 valence electrons. The van der Waals surface area contributed by atoms with Crippen LogP contribution < -0.4 is 5.32 Å².